The summed E-state index contributed by atoms with van der Waals surface area (Å²) in [7, 11) is 9.85. The molecule has 0 saturated carbocycles. The highest BCUT2D eigenvalue weighted by atomic mass is 32.2. The van der Waals surface area contributed by atoms with Crippen molar-refractivity contribution in [1.29, 1.82) is 0 Å². The van der Waals surface area contributed by atoms with E-state index in [0.717, 1.165) is 179 Å². The van der Waals surface area contributed by atoms with Crippen molar-refractivity contribution in [3.63, 3.8) is 0 Å². The molecule has 612 valence electrons. The summed E-state index contributed by atoms with van der Waals surface area (Å²) in [5.41, 5.74) is 20.6. The summed E-state index contributed by atoms with van der Waals surface area (Å²) in [5.74, 6) is 9.15. The Morgan fingerprint density at radius 1 is 0.381 bits per heavy atom. The number of aromatic amines is 5. The molecule has 0 radical (unpaired) electrons. The van der Waals surface area contributed by atoms with Gasteiger partial charge in [0.1, 0.15) is 34.5 Å². The van der Waals surface area contributed by atoms with Crippen LogP contribution in [-0.4, -0.2) is 148 Å². The number of aryl methyl sites for hydroxylation is 1. The van der Waals surface area contributed by atoms with Crippen LogP contribution in [0.1, 0.15) is 69.6 Å². The van der Waals surface area contributed by atoms with Gasteiger partial charge in [-0.25, -0.2) is 24.9 Å². The highest BCUT2D eigenvalue weighted by molar-refractivity contribution is 7.99. The van der Waals surface area contributed by atoms with E-state index in [-0.39, 0.29) is 5.75 Å². The second kappa shape index (κ2) is 42.5. The maximum Gasteiger partial charge on any atom is 0.387 e. The quantitative estimate of drug-likeness (QED) is 0.0206. The van der Waals surface area contributed by atoms with E-state index in [1.54, 1.807) is 127 Å². The number of fused-ring (bicyclic) bond motifs is 5. The molecule has 0 bridgehead atoms. The molecule has 0 aliphatic heterocycles. The highest BCUT2D eigenvalue weighted by Gasteiger charge is 2.18. The number of pyridine rings is 5. The number of methoxy groups -OCH3 is 6. The van der Waals surface area contributed by atoms with E-state index in [0.29, 0.717) is 59.0 Å². The van der Waals surface area contributed by atoms with Crippen LogP contribution in [0.2, 0.25) is 0 Å². The Hall–Kier alpha value is -11.6. The number of H-pyrrole nitrogens is 5. The third kappa shape index (κ3) is 22.8. The number of nitrogens with one attached hydrogen (secondary N) is 5. The molecular weight excluding hydrogens is 1600 g/mol. The van der Waals surface area contributed by atoms with Crippen LogP contribution < -0.4 is 37.9 Å². The predicted octanol–water partition coefficient (Wildman–Crippen LogP) is 20.0. The molecule has 0 unspecified atom stereocenters. The molecule has 0 atom stereocenters. The van der Waals surface area contributed by atoms with E-state index in [1.807, 2.05) is 163 Å². The van der Waals surface area contributed by atoms with Crippen molar-refractivity contribution < 1.29 is 51.4 Å². The SMILES string of the molecule is CCOc1ccnc(CSc2nc3ccccc3[nH]2)c1C.COCCCOc1ccnc(CSc2nc3ccccc3[nH]2)c1C.COc1ccc2nc(SCc3ncc(C)c(OC)c3C)[nH]c2c1.COc1ccnc(CSc2nc3ccc(-n4cccc4)cc3[nH]2)c1C.COc1ccnc(CSc2nc3ccc(OC(F)F)cc3[nH]2)c1OC. The van der Waals surface area contributed by atoms with Gasteiger partial charge in [0.05, 0.1) is 132 Å². The van der Waals surface area contributed by atoms with Crippen molar-refractivity contribution >= 4 is 114 Å². The molecule has 0 saturated heterocycles. The number of hydrogen-bond acceptors (Lipinski definition) is 24. The molecule has 16 rings (SSSR count). The zero-order chi connectivity index (χ0) is 82.9. The zero-order valence-electron chi connectivity index (χ0n) is 67.2. The summed E-state index contributed by atoms with van der Waals surface area (Å²) in [6.07, 6.45) is 13.8. The largest absolute Gasteiger partial charge is 0.497 e. The van der Waals surface area contributed by atoms with E-state index < -0.39 is 6.61 Å². The number of ether oxygens (including phenoxy) is 9. The molecule has 0 aliphatic carbocycles. The summed E-state index contributed by atoms with van der Waals surface area (Å²) in [5, 5.41) is 4.22. The van der Waals surface area contributed by atoms with E-state index >= 15 is 0 Å². The fourth-order valence-corrected chi connectivity index (χ4v) is 16.6. The lowest BCUT2D eigenvalue weighted by Crippen LogP contribution is -2.04. The maximum atomic E-state index is 12.3. The first-order chi connectivity index (χ1) is 57.5. The van der Waals surface area contributed by atoms with Gasteiger partial charge in [0.15, 0.2) is 37.3 Å². The van der Waals surface area contributed by atoms with Crippen LogP contribution in [0.4, 0.5) is 8.78 Å². The lowest BCUT2D eigenvalue weighted by molar-refractivity contribution is -0.0497. The molecule has 5 N–H and O–H groups in total. The average molecular weight is 1690 g/mol. The molecule has 0 amide bonds. The van der Waals surface area contributed by atoms with Crippen molar-refractivity contribution in [3.05, 3.63) is 239 Å². The van der Waals surface area contributed by atoms with Gasteiger partial charge in [-0.1, -0.05) is 83.1 Å². The number of hydrogen-bond donors (Lipinski definition) is 5. The van der Waals surface area contributed by atoms with Gasteiger partial charge in [0.25, 0.3) is 0 Å². The molecule has 16 aromatic rings. The number of aromatic nitrogens is 16. The van der Waals surface area contributed by atoms with Crippen molar-refractivity contribution in [2.75, 3.05) is 62.5 Å². The topological polar surface area (TPSA) is 296 Å². The normalized spacial score (nSPS) is 11.0. The van der Waals surface area contributed by atoms with Gasteiger partial charge in [-0.15, -0.1) is 0 Å². The summed E-state index contributed by atoms with van der Waals surface area (Å²) < 4.78 is 74.2. The lowest BCUT2D eigenvalue weighted by atomic mass is 10.1. The number of para-hydroxylation sites is 4. The molecule has 0 aliphatic rings. The fraction of sp³-hybridized carbons (Fsp3) is 0.256. The Morgan fingerprint density at radius 3 is 1.27 bits per heavy atom. The van der Waals surface area contributed by atoms with Gasteiger partial charge < -0.3 is 72.1 Å². The number of alkyl halides is 2. The number of rotatable bonds is 30. The highest BCUT2D eigenvalue weighted by Crippen LogP contribution is 2.37. The number of thioether (sulfide) groups is 5. The van der Waals surface area contributed by atoms with E-state index in [2.05, 4.69) is 96.2 Å². The summed E-state index contributed by atoms with van der Waals surface area (Å²) >= 11 is 7.99. The predicted molar refractivity (Wildman–Crippen MR) is 465 cm³/mol. The standard InChI is InChI=1S/C19H18N4OS.C18H21N3O2S.C17H19N3O2S.C16H15F2N3O3S.C16H17N3OS/c1-13-17(20-8-7-18(13)24-2)12-25-19-21-15-6-5-14(11-16(15)22-19)23-9-3-4-10-23;1-13-16(19-9-8-17(13)23-11-5-10-22-2)12-24-18-20-14-6-3-4-7-15(14)21-18;1-10-8-18-15(11(2)16(10)22-4)9-23-17-19-13-6-5-12(21-3)7-14(13)20-17;1-22-13-5-6-19-12(14(13)23-2)8-25-16-20-10-4-3-9(24-15(17)18)7-11(10)21-16;1-3-20-15-8-9-17-14(11(15)2)10-21-16-18-12-6-4-5-7-13(12)19-16/h3-11H,12H2,1-2H3,(H,21,22);3-4,6-9H,5,10-12H2,1-2H3,(H,20,21);5-8H,9H2,1-4H3,(H,19,20);3-7,15H,8H2,1-2H3,(H,20,21);4-9H,3,10H2,1-2H3,(H,18,19). The summed E-state index contributed by atoms with van der Waals surface area (Å²) in [6, 6.07) is 44.1. The minimum Gasteiger partial charge on any atom is -0.497 e. The molecule has 5 aromatic carbocycles. The average Bonchev–Trinajstić information content (AvgIpc) is 1.65. The van der Waals surface area contributed by atoms with Crippen molar-refractivity contribution in [3.8, 4) is 51.7 Å². The van der Waals surface area contributed by atoms with Crippen LogP contribution >= 0.6 is 58.8 Å². The van der Waals surface area contributed by atoms with E-state index in [9.17, 15) is 8.78 Å². The molecule has 0 spiro atoms. The third-order valence-corrected chi connectivity index (χ3v) is 22.7. The van der Waals surface area contributed by atoms with Gasteiger partial charge in [-0.2, -0.15) is 8.78 Å². The maximum absolute atomic E-state index is 12.3. The zero-order valence-corrected chi connectivity index (χ0v) is 71.2. The third-order valence-electron chi connectivity index (χ3n) is 18.3. The number of nitrogens with zero attached hydrogens (tertiary/aromatic N) is 11. The van der Waals surface area contributed by atoms with Crippen LogP contribution in [0, 0.1) is 34.6 Å². The van der Waals surface area contributed by atoms with Gasteiger partial charge >= 0.3 is 6.61 Å². The Labute approximate surface area is 702 Å². The fourth-order valence-electron chi connectivity index (χ4n) is 12.1. The Morgan fingerprint density at radius 2 is 0.797 bits per heavy atom. The van der Waals surface area contributed by atoms with E-state index in [1.165, 1.54) is 23.9 Å². The lowest BCUT2D eigenvalue weighted by Gasteiger charge is -2.11. The van der Waals surface area contributed by atoms with Crippen molar-refractivity contribution in [2.45, 2.75) is 109 Å². The molecule has 32 heteroatoms. The van der Waals surface area contributed by atoms with Crippen LogP contribution in [-0.2, 0) is 33.5 Å². The molecule has 25 nitrogen and oxygen atoms in total. The second-order valence-electron chi connectivity index (χ2n) is 25.9. The molecule has 0 fully saturated rings. The Kier molecular flexibility index (Phi) is 30.9. The minimum atomic E-state index is -2.86. The van der Waals surface area contributed by atoms with E-state index in [4.69, 9.17) is 37.9 Å². The van der Waals surface area contributed by atoms with Gasteiger partial charge in [-0.05, 0) is 139 Å². The molecular formula is C86H90F2N16O9S5. The number of imidazole rings is 5. The number of halogens is 2. The minimum absolute atomic E-state index is 0.0823. The van der Waals surface area contributed by atoms with Gasteiger partial charge in [0.2, 0.25) is 0 Å². The van der Waals surface area contributed by atoms with Crippen LogP contribution in [0.15, 0.2) is 209 Å². The smallest absolute Gasteiger partial charge is 0.387 e. The Bertz CT molecular complexity index is 5880. The van der Waals surface area contributed by atoms with Crippen molar-refractivity contribution in [2.24, 2.45) is 0 Å². The molecule has 11 aromatic heterocycles. The second-order valence-corrected chi connectivity index (χ2v) is 30.8. The first-order valence-corrected chi connectivity index (χ1v) is 42.3. The van der Waals surface area contributed by atoms with Gasteiger partial charge in [0, 0.05) is 144 Å². The van der Waals surface area contributed by atoms with Crippen LogP contribution in [0.5, 0.6) is 46.0 Å². The monoisotopic (exact) mass is 1690 g/mol. The van der Waals surface area contributed by atoms with Gasteiger partial charge in [-0.3, -0.25) is 24.9 Å². The first-order valence-electron chi connectivity index (χ1n) is 37.3. The molecule has 11 heterocycles. The summed E-state index contributed by atoms with van der Waals surface area (Å²) in [4.78, 5) is 61.4. The van der Waals surface area contributed by atoms with Crippen molar-refractivity contribution in [1.82, 2.24) is 79.3 Å². The summed E-state index contributed by atoms with van der Waals surface area (Å²) in [6.45, 7) is 11.3. The van der Waals surface area contributed by atoms with Crippen LogP contribution in [0.25, 0.3) is 60.9 Å². The Balaban J connectivity index is 0.000000136. The molecule has 118 heavy (non-hydrogen) atoms. The van der Waals surface area contributed by atoms with Crippen LogP contribution in [0.3, 0.4) is 0 Å². The number of benzene rings is 5. The first kappa shape index (κ1) is 85.8.